The summed E-state index contributed by atoms with van der Waals surface area (Å²) in [5, 5.41) is 12.9. The molecule has 0 aliphatic heterocycles. The molecule has 0 atom stereocenters. The maximum Gasteiger partial charge on any atom is 0.255 e. The Balaban J connectivity index is 2.26. The number of benzene rings is 1. The monoisotopic (exact) mass is 283 g/mol. The molecule has 1 heterocycles. The van der Waals surface area contributed by atoms with Gasteiger partial charge in [-0.2, -0.15) is 10.4 Å². The molecule has 0 aliphatic carbocycles. The van der Waals surface area contributed by atoms with Gasteiger partial charge in [-0.15, -0.1) is 0 Å². The first-order valence-electron chi connectivity index (χ1n) is 6.82. The Bertz CT molecular complexity index is 630. The molecule has 0 bridgehead atoms. The molecule has 6 heteroatoms. The summed E-state index contributed by atoms with van der Waals surface area (Å²) in [6.07, 6.45) is 3.89. The zero-order chi connectivity index (χ0) is 15.1. The van der Waals surface area contributed by atoms with E-state index >= 15 is 0 Å². The number of nitriles is 1. The van der Waals surface area contributed by atoms with E-state index in [0.717, 1.165) is 12.0 Å². The van der Waals surface area contributed by atoms with Gasteiger partial charge in [0.2, 0.25) is 0 Å². The van der Waals surface area contributed by atoms with Crippen LogP contribution >= 0.6 is 0 Å². The van der Waals surface area contributed by atoms with E-state index < -0.39 is 0 Å². The lowest BCUT2D eigenvalue weighted by molar-refractivity contribution is 0.0775. The lowest BCUT2D eigenvalue weighted by atomic mass is 10.1. The predicted molar refractivity (Wildman–Crippen MR) is 77.4 cm³/mol. The zero-order valence-corrected chi connectivity index (χ0v) is 11.9. The number of carbonyl (C=O) groups is 1. The van der Waals surface area contributed by atoms with Crippen molar-refractivity contribution >= 4 is 5.91 Å². The van der Waals surface area contributed by atoms with Gasteiger partial charge in [0.1, 0.15) is 19.2 Å². The third-order valence-corrected chi connectivity index (χ3v) is 3.09. The molecule has 1 amide bonds. The van der Waals surface area contributed by atoms with Crippen LogP contribution in [0.1, 0.15) is 29.3 Å². The van der Waals surface area contributed by atoms with E-state index in [1.54, 1.807) is 22.0 Å². The van der Waals surface area contributed by atoms with Gasteiger partial charge in [0.25, 0.3) is 5.91 Å². The molecule has 0 fully saturated rings. The molecule has 2 aromatic rings. The number of amides is 1. The van der Waals surface area contributed by atoms with Gasteiger partial charge in [0.05, 0.1) is 12.6 Å². The van der Waals surface area contributed by atoms with E-state index in [1.807, 2.05) is 31.2 Å². The highest BCUT2D eigenvalue weighted by Crippen LogP contribution is 2.13. The largest absolute Gasteiger partial charge is 0.325 e. The lowest BCUT2D eigenvalue weighted by Gasteiger charge is -2.20. The number of hydrogen-bond donors (Lipinski definition) is 0. The van der Waals surface area contributed by atoms with Crippen molar-refractivity contribution < 1.29 is 4.79 Å². The summed E-state index contributed by atoms with van der Waals surface area (Å²) in [6, 6.07) is 9.44. The van der Waals surface area contributed by atoms with Gasteiger partial charge < -0.3 is 4.90 Å². The standard InChI is InChI=1S/C15H17N5O/c1-2-8-19(9-7-16)15(21)14-6-4-3-5-13(14)10-20-12-17-11-18-20/h3-6,11-12H,2,8-10H2,1H3. The molecule has 0 N–H and O–H groups in total. The van der Waals surface area contributed by atoms with Gasteiger partial charge in [0.15, 0.2) is 0 Å². The van der Waals surface area contributed by atoms with Gasteiger partial charge in [0, 0.05) is 12.1 Å². The minimum absolute atomic E-state index is 0.102. The van der Waals surface area contributed by atoms with Gasteiger partial charge in [-0.1, -0.05) is 25.1 Å². The number of nitrogens with zero attached hydrogens (tertiary/aromatic N) is 5. The highest BCUT2D eigenvalue weighted by Gasteiger charge is 2.17. The van der Waals surface area contributed by atoms with Crippen molar-refractivity contribution in [2.45, 2.75) is 19.9 Å². The fraction of sp³-hybridized carbons (Fsp3) is 0.333. The molecule has 0 saturated carbocycles. The highest BCUT2D eigenvalue weighted by atomic mass is 16.2. The van der Waals surface area contributed by atoms with Gasteiger partial charge in [-0.05, 0) is 18.1 Å². The van der Waals surface area contributed by atoms with Crippen molar-refractivity contribution in [2.24, 2.45) is 0 Å². The van der Waals surface area contributed by atoms with Crippen molar-refractivity contribution in [3.05, 3.63) is 48.0 Å². The summed E-state index contributed by atoms with van der Waals surface area (Å²) in [5.74, 6) is -0.117. The van der Waals surface area contributed by atoms with E-state index in [-0.39, 0.29) is 12.5 Å². The zero-order valence-electron chi connectivity index (χ0n) is 11.9. The number of carbonyl (C=O) groups excluding carboxylic acids is 1. The van der Waals surface area contributed by atoms with Crippen molar-refractivity contribution in [1.29, 1.82) is 5.26 Å². The van der Waals surface area contributed by atoms with Crippen LogP contribution in [0.4, 0.5) is 0 Å². The van der Waals surface area contributed by atoms with E-state index in [4.69, 9.17) is 5.26 Å². The quantitative estimate of drug-likeness (QED) is 0.756. The Morgan fingerprint density at radius 1 is 1.43 bits per heavy atom. The van der Waals surface area contributed by atoms with Crippen LogP contribution in [0, 0.1) is 11.3 Å². The SMILES string of the molecule is CCCN(CC#N)C(=O)c1ccccc1Cn1cncn1. The first kappa shape index (κ1) is 14.7. The first-order valence-corrected chi connectivity index (χ1v) is 6.82. The van der Waals surface area contributed by atoms with Gasteiger partial charge >= 0.3 is 0 Å². The molecule has 0 unspecified atom stereocenters. The van der Waals surface area contributed by atoms with E-state index in [1.165, 1.54) is 6.33 Å². The minimum Gasteiger partial charge on any atom is -0.325 e. The fourth-order valence-corrected chi connectivity index (χ4v) is 2.13. The molecule has 108 valence electrons. The van der Waals surface area contributed by atoms with Crippen LogP contribution in [0.2, 0.25) is 0 Å². The summed E-state index contributed by atoms with van der Waals surface area (Å²) >= 11 is 0. The Morgan fingerprint density at radius 3 is 2.90 bits per heavy atom. The molecule has 1 aromatic heterocycles. The predicted octanol–water partition coefficient (Wildman–Crippen LogP) is 1.70. The topological polar surface area (TPSA) is 74.8 Å². The molecule has 21 heavy (non-hydrogen) atoms. The van der Waals surface area contributed by atoms with Crippen LogP contribution in [0.25, 0.3) is 0 Å². The molecule has 6 nitrogen and oxygen atoms in total. The third-order valence-electron chi connectivity index (χ3n) is 3.09. The highest BCUT2D eigenvalue weighted by molar-refractivity contribution is 5.95. The molecular formula is C15H17N5O. The van der Waals surface area contributed by atoms with Crippen LogP contribution in [-0.4, -0.2) is 38.7 Å². The minimum atomic E-state index is -0.117. The Hall–Kier alpha value is -2.68. The van der Waals surface area contributed by atoms with Crippen LogP contribution < -0.4 is 0 Å². The van der Waals surface area contributed by atoms with E-state index in [2.05, 4.69) is 10.1 Å². The second kappa shape index (κ2) is 7.20. The second-order valence-electron chi connectivity index (χ2n) is 4.64. The second-order valence-corrected chi connectivity index (χ2v) is 4.64. The van der Waals surface area contributed by atoms with Crippen LogP contribution in [0.5, 0.6) is 0 Å². The third kappa shape index (κ3) is 3.66. The molecule has 2 rings (SSSR count). The van der Waals surface area contributed by atoms with Crippen molar-refractivity contribution in [3.63, 3.8) is 0 Å². The Morgan fingerprint density at radius 2 is 2.24 bits per heavy atom. The molecular weight excluding hydrogens is 266 g/mol. The summed E-state index contributed by atoms with van der Waals surface area (Å²) in [5.41, 5.74) is 1.48. The smallest absolute Gasteiger partial charge is 0.255 e. The Kier molecular flexibility index (Phi) is 5.04. The summed E-state index contributed by atoms with van der Waals surface area (Å²) in [7, 11) is 0. The molecule has 0 radical (unpaired) electrons. The number of hydrogen-bond acceptors (Lipinski definition) is 4. The van der Waals surface area contributed by atoms with Gasteiger partial charge in [-0.3, -0.25) is 4.79 Å². The molecule has 0 aliphatic rings. The van der Waals surface area contributed by atoms with Crippen molar-refractivity contribution in [2.75, 3.05) is 13.1 Å². The Labute approximate surface area is 123 Å². The summed E-state index contributed by atoms with van der Waals surface area (Å²) in [4.78, 5) is 18.1. The average Bonchev–Trinajstić information content (AvgIpc) is 3.00. The number of rotatable bonds is 6. The van der Waals surface area contributed by atoms with E-state index in [9.17, 15) is 4.79 Å². The maximum atomic E-state index is 12.6. The fourth-order valence-electron chi connectivity index (χ4n) is 2.13. The number of aromatic nitrogens is 3. The summed E-state index contributed by atoms with van der Waals surface area (Å²) in [6.45, 7) is 3.14. The van der Waals surface area contributed by atoms with Gasteiger partial charge in [-0.25, -0.2) is 9.67 Å². The van der Waals surface area contributed by atoms with Crippen molar-refractivity contribution in [1.82, 2.24) is 19.7 Å². The van der Waals surface area contributed by atoms with E-state index in [0.29, 0.717) is 18.7 Å². The normalized spacial score (nSPS) is 10.1. The van der Waals surface area contributed by atoms with Crippen molar-refractivity contribution in [3.8, 4) is 6.07 Å². The molecule has 1 aromatic carbocycles. The van der Waals surface area contributed by atoms with Crippen LogP contribution in [0.15, 0.2) is 36.9 Å². The van der Waals surface area contributed by atoms with Crippen LogP contribution in [0.3, 0.4) is 0 Å². The molecule has 0 saturated heterocycles. The van der Waals surface area contributed by atoms with Crippen LogP contribution in [-0.2, 0) is 6.54 Å². The molecule has 0 spiro atoms. The lowest BCUT2D eigenvalue weighted by Crippen LogP contribution is -2.33. The first-order chi connectivity index (χ1) is 10.3. The average molecular weight is 283 g/mol. The maximum absolute atomic E-state index is 12.6. The summed E-state index contributed by atoms with van der Waals surface area (Å²) < 4.78 is 1.67.